The molecule has 0 aliphatic carbocycles. The fourth-order valence-corrected chi connectivity index (χ4v) is 3.11. The third-order valence-electron chi connectivity index (χ3n) is 4.85. The van der Waals surface area contributed by atoms with Crippen LogP contribution in [0.4, 0.5) is 8.78 Å². The smallest absolute Gasteiger partial charge is 0.246 e. The summed E-state index contributed by atoms with van der Waals surface area (Å²) in [5, 5.41) is 4.03. The molecule has 1 aromatic heterocycles. The molecule has 3 aromatic rings. The second-order valence-corrected chi connectivity index (χ2v) is 7.07. The molecule has 6 nitrogen and oxygen atoms in total. The molecule has 1 aliphatic rings. The van der Waals surface area contributed by atoms with Gasteiger partial charge >= 0.3 is 0 Å². The summed E-state index contributed by atoms with van der Waals surface area (Å²) in [6, 6.07) is 11.3. The van der Waals surface area contributed by atoms with E-state index in [9.17, 15) is 8.78 Å². The zero-order chi connectivity index (χ0) is 22.7. The molecule has 0 bridgehead atoms. The van der Waals surface area contributed by atoms with Crippen molar-refractivity contribution in [2.75, 3.05) is 7.11 Å². The van der Waals surface area contributed by atoms with Gasteiger partial charge in [0.2, 0.25) is 11.7 Å². The molecule has 0 N–H and O–H groups in total. The predicted octanol–water partition coefficient (Wildman–Crippen LogP) is 5.26. The molecule has 0 saturated heterocycles. The lowest BCUT2D eigenvalue weighted by molar-refractivity contribution is 0.333. The van der Waals surface area contributed by atoms with Crippen LogP contribution in [0.25, 0.3) is 11.4 Å². The number of ether oxygens (including phenoxy) is 1. The molecular weight excluding hydrogens is 414 g/mol. The maximum Gasteiger partial charge on any atom is 0.246 e. The van der Waals surface area contributed by atoms with E-state index in [1.807, 2.05) is 24.3 Å². The van der Waals surface area contributed by atoms with E-state index in [1.165, 1.54) is 12.1 Å². The van der Waals surface area contributed by atoms with E-state index in [1.54, 1.807) is 37.4 Å². The number of benzene rings is 2. The third kappa shape index (κ3) is 4.49. The Labute approximate surface area is 183 Å². The van der Waals surface area contributed by atoms with Gasteiger partial charge in [-0.3, -0.25) is 4.99 Å². The van der Waals surface area contributed by atoms with Gasteiger partial charge in [-0.25, -0.2) is 8.78 Å². The van der Waals surface area contributed by atoms with Crippen LogP contribution in [0.1, 0.15) is 18.4 Å². The van der Waals surface area contributed by atoms with Crippen LogP contribution < -0.4 is 4.74 Å². The van der Waals surface area contributed by atoms with Crippen LogP contribution in [0.3, 0.4) is 0 Å². The number of aliphatic imine (C=N–C) groups is 1. The van der Waals surface area contributed by atoms with Crippen molar-refractivity contribution in [2.24, 2.45) is 4.99 Å². The van der Waals surface area contributed by atoms with Gasteiger partial charge in [0.1, 0.15) is 12.3 Å². The maximum atomic E-state index is 14.1. The fraction of sp³-hybridized carbons (Fsp3) is 0.125. The first-order valence-corrected chi connectivity index (χ1v) is 9.76. The quantitative estimate of drug-likeness (QED) is 0.495. The summed E-state index contributed by atoms with van der Waals surface area (Å²) in [4.78, 5) is 10.7. The zero-order valence-electron chi connectivity index (χ0n) is 17.5. The van der Waals surface area contributed by atoms with Crippen LogP contribution in [0, 0.1) is 11.6 Å². The Balaban J connectivity index is 1.52. The lowest BCUT2D eigenvalue weighted by Gasteiger charge is -2.19. The first kappa shape index (κ1) is 21.2. The highest BCUT2D eigenvalue weighted by molar-refractivity contribution is 5.99. The van der Waals surface area contributed by atoms with Gasteiger partial charge in [-0.05, 0) is 55.0 Å². The molecule has 0 radical (unpaired) electrons. The molecule has 0 saturated carbocycles. The van der Waals surface area contributed by atoms with Crippen LogP contribution >= 0.6 is 0 Å². The van der Waals surface area contributed by atoms with Crippen molar-refractivity contribution in [3.63, 3.8) is 0 Å². The molecule has 0 atom stereocenters. The molecule has 0 amide bonds. The minimum atomic E-state index is -0.930. The van der Waals surface area contributed by atoms with E-state index in [0.29, 0.717) is 35.2 Å². The number of methoxy groups -OCH3 is 1. The largest absolute Gasteiger partial charge is 0.497 e. The van der Waals surface area contributed by atoms with Gasteiger partial charge in [-0.2, -0.15) is 4.98 Å². The molecule has 4 rings (SSSR count). The van der Waals surface area contributed by atoms with Crippen LogP contribution in [0.2, 0.25) is 0 Å². The summed E-state index contributed by atoms with van der Waals surface area (Å²) in [5.41, 5.74) is 2.40. The summed E-state index contributed by atoms with van der Waals surface area (Å²) in [6.45, 7) is 5.89. The number of allylic oxidation sites excluding steroid dienone is 1. The molecule has 162 valence electrons. The highest BCUT2D eigenvalue weighted by atomic mass is 19.2. The summed E-state index contributed by atoms with van der Waals surface area (Å²) in [6.07, 6.45) is 5.31. The van der Waals surface area contributed by atoms with Gasteiger partial charge in [0.25, 0.3) is 0 Å². The van der Waals surface area contributed by atoms with Crippen LogP contribution in [0.5, 0.6) is 5.75 Å². The number of aromatic nitrogens is 2. The van der Waals surface area contributed by atoms with Gasteiger partial charge in [-0.1, -0.05) is 17.8 Å². The summed E-state index contributed by atoms with van der Waals surface area (Å²) in [7, 11) is 1.60. The highest BCUT2D eigenvalue weighted by Crippen LogP contribution is 2.23. The minimum Gasteiger partial charge on any atom is -0.497 e. The molecule has 1 aliphatic heterocycles. The number of hydrogen-bond acceptors (Lipinski definition) is 6. The molecule has 0 fully saturated rings. The number of nitrogens with zero attached hydrogens (tertiary/aromatic N) is 4. The molecule has 32 heavy (non-hydrogen) atoms. The van der Waals surface area contributed by atoms with Gasteiger partial charge < -0.3 is 14.2 Å². The predicted molar refractivity (Wildman–Crippen MR) is 117 cm³/mol. The van der Waals surface area contributed by atoms with Crippen LogP contribution in [-0.2, 0) is 6.54 Å². The van der Waals surface area contributed by atoms with E-state index in [-0.39, 0.29) is 5.56 Å². The van der Waals surface area contributed by atoms with Crippen molar-refractivity contribution in [1.29, 1.82) is 0 Å². The Kier molecular flexibility index (Phi) is 5.93. The standard InChI is InChI=1S/C24H20F2N4O2/c1-15-11-12-30(13-21(15)27-16(2)19-5-4-6-20(25)23(19)26)14-22-28-24(29-32-22)17-7-9-18(31-3)10-8-17/h4-13H,1,14H2,2-3H3. The second kappa shape index (κ2) is 8.97. The minimum absolute atomic E-state index is 0.0980. The second-order valence-electron chi connectivity index (χ2n) is 7.07. The number of halogens is 2. The Bertz CT molecular complexity index is 1240. The number of hydrogen-bond donors (Lipinski definition) is 0. The lowest BCUT2D eigenvalue weighted by atomic mass is 10.1. The van der Waals surface area contributed by atoms with Crippen molar-refractivity contribution in [1.82, 2.24) is 15.0 Å². The SMILES string of the molecule is C=C1C=CN(Cc2nc(-c3ccc(OC)cc3)no2)C=C1N=C(C)c1cccc(F)c1F. The van der Waals surface area contributed by atoms with E-state index in [0.717, 1.165) is 17.4 Å². The van der Waals surface area contributed by atoms with Crippen molar-refractivity contribution < 1.29 is 18.0 Å². The van der Waals surface area contributed by atoms with Gasteiger partial charge in [0.05, 0.1) is 12.8 Å². The lowest BCUT2D eigenvalue weighted by Crippen LogP contribution is -2.14. The Morgan fingerprint density at radius 1 is 1.19 bits per heavy atom. The topological polar surface area (TPSA) is 63.8 Å². The highest BCUT2D eigenvalue weighted by Gasteiger charge is 2.16. The van der Waals surface area contributed by atoms with Crippen LogP contribution in [-0.4, -0.2) is 27.9 Å². The molecule has 8 heteroatoms. The van der Waals surface area contributed by atoms with E-state index >= 15 is 0 Å². The Morgan fingerprint density at radius 3 is 2.72 bits per heavy atom. The molecule has 2 aromatic carbocycles. The molecule has 0 unspecified atom stereocenters. The molecule has 0 spiro atoms. The summed E-state index contributed by atoms with van der Waals surface area (Å²) >= 11 is 0. The van der Waals surface area contributed by atoms with Gasteiger partial charge in [0.15, 0.2) is 11.6 Å². The molecular formula is C24H20F2N4O2. The Morgan fingerprint density at radius 2 is 1.97 bits per heavy atom. The van der Waals surface area contributed by atoms with Crippen molar-refractivity contribution in [3.8, 4) is 17.1 Å². The monoisotopic (exact) mass is 434 g/mol. The normalized spacial score (nSPS) is 14.0. The van der Waals surface area contributed by atoms with Gasteiger partial charge in [0, 0.05) is 29.2 Å². The first-order valence-electron chi connectivity index (χ1n) is 9.76. The first-order chi connectivity index (χ1) is 15.4. The van der Waals surface area contributed by atoms with E-state index in [4.69, 9.17) is 9.26 Å². The maximum absolute atomic E-state index is 14.1. The zero-order valence-corrected chi connectivity index (χ0v) is 17.5. The van der Waals surface area contributed by atoms with Crippen LogP contribution in [0.15, 0.2) is 88.3 Å². The van der Waals surface area contributed by atoms with Gasteiger partial charge in [-0.15, -0.1) is 0 Å². The number of rotatable bonds is 6. The molecule has 2 heterocycles. The average Bonchev–Trinajstić information content (AvgIpc) is 3.26. The van der Waals surface area contributed by atoms with Crippen molar-refractivity contribution >= 4 is 5.71 Å². The van der Waals surface area contributed by atoms with E-state index in [2.05, 4.69) is 21.7 Å². The van der Waals surface area contributed by atoms with Crippen molar-refractivity contribution in [2.45, 2.75) is 13.5 Å². The summed E-state index contributed by atoms with van der Waals surface area (Å²) < 4.78 is 38.2. The summed E-state index contributed by atoms with van der Waals surface area (Å²) in [5.74, 6) is -0.241. The Hall–Kier alpha value is -4.07. The average molecular weight is 434 g/mol. The fourth-order valence-electron chi connectivity index (χ4n) is 3.11. The van der Waals surface area contributed by atoms with Crippen molar-refractivity contribution in [3.05, 3.63) is 102 Å². The van der Waals surface area contributed by atoms with E-state index < -0.39 is 11.6 Å². The third-order valence-corrected chi connectivity index (χ3v) is 4.85.